The molecule has 4 nitrogen and oxygen atoms in total. The van der Waals surface area contributed by atoms with Crippen LogP contribution in [-0.4, -0.2) is 36.4 Å². The van der Waals surface area contributed by atoms with E-state index in [0.717, 1.165) is 11.1 Å². The van der Waals surface area contributed by atoms with E-state index in [1.165, 1.54) is 4.90 Å². The normalized spacial score (nSPS) is 9.42. The molecule has 1 amide bonds. The Morgan fingerprint density at radius 3 is 2.84 bits per heavy atom. The molecule has 0 aliphatic rings. The van der Waals surface area contributed by atoms with Gasteiger partial charge in [0, 0.05) is 25.6 Å². The van der Waals surface area contributed by atoms with E-state index in [0.29, 0.717) is 19.6 Å². The smallest absolute Gasteiger partial charge is 0.409 e. The average molecular weight is 261 g/mol. The average Bonchev–Trinajstić information content (AvgIpc) is 2.41. The highest BCUT2D eigenvalue weighted by molar-refractivity contribution is 5.67. The number of carbonyl (C=O) groups excluding carboxylic acids is 1. The Bertz CT molecular complexity index is 474. The molecule has 0 aliphatic carbocycles. The predicted molar refractivity (Wildman–Crippen MR) is 73.5 cm³/mol. The molecule has 0 aliphatic heterocycles. The number of rotatable bonds is 4. The Hall–Kier alpha value is -1.99. The summed E-state index contributed by atoms with van der Waals surface area (Å²) >= 11 is 0. The molecule has 4 heteroatoms. The number of amides is 1. The maximum atomic E-state index is 11.6. The summed E-state index contributed by atoms with van der Waals surface area (Å²) in [6.07, 6.45) is 0.0998. The summed E-state index contributed by atoms with van der Waals surface area (Å²) in [4.78, 5) is 13.1. The number of benzene rings is 1. The molecule has 0 bridgehead atoms. The number of aliphatic hydroxyl groups excluding tert-OH is 1. The van der Waals surface area contributed by atoms with Gasteiger partial charge in [-0.3, -0.25) is 0 Å². The zero-order chi connectivity index (χ0) is 14.1. The van der Waals surface area contributed by atoms with Crippen LogP contribution in [0.25, 0.3) is 0 Å². The first-order valence-electron chi connectivity index (χ1n) is 6.24. The van der Waals surface area contributed by atoms with E-state index in [1.54, 1.807) is 14.0 Å². The van der Waals surface area contributed by atoms with Gasteiger partial charge in [-0.2, -0.15) is 0 Å². The minimum atomic E-state index is -0.347. The van der Waals surface area contributed by atoms with E-state index >= 15 is 0 Å². The van der Waals surface area contributed by atoms with Gasteiger partial charge in [-0.05, 0) is 18.6 Å². The molecule has 0 aromatic heterocycles. The first kappa shape index (κ1) is 15.1. The van der Waals surface area contributed by atoms with Crippen LogP contribution < -0.4 is 0 Å². The molecule has 0 spiro atoms. The number of nitrogens with zero attached hydrogens (tertiary/aromatic N) is 1. The van der Waals surface area contributed by atoms with Crippen LogP contribution >= 0.6 is 0 Å². The van der Waals surface area contributed by atoms with Gasteiger partial charge in [-0.1, -0.05) is 30.0 Å². The first-order chi connectivity index (χ1) is 9.19. The van der Waals surface area contributed by atoms with Crippen LogP contribution in [-0.2, 0) is 11.3 Å². The zero-order valence-electron chi connectivity index (χ0n) is 11.3. The molecule has 1 N–H and O–H groups in total. The highest BCUT2D eigenvalue weighted by atomic mass is 16.5. The molecule has 19 heavy (non-hydrogen) atoms. The van der Waals surface area contributed by atoms with Crippen molar-refractivity contribution in [3.05, 3.63) is 35.4 Å². The monoisotopic (exact) mass is 261 g/mol. The van der Waals surface area contributed by atoms with Crippen LogP contribution in [0.15, 0.2) is 24.3 Å². The van der Waals surface area contributed by atoms with Gasteiger partial charge >= 0.3 is 6.09 Å². The second-order valence-electron chi connectivity index (χ2n) is 3.99. The third-order valence-electron chi connectivity index (χ3n) is 2.46. The lowest BCUT2D eigenvalue weighted by molar-refractivity contribution is 0.114. The van der Waals surface area contributed by atoms with E-state index < -0.39 is 0 Å². The highest BCUT2D eigenvalue weighted by Gasteiger charge is 2.11. The molecule has 0 unspecified atom stereocenters. The van der Waals surface area contributed by atoms with Crippen molar-refractivity contribution in [2.45, 2.75) is 19.9 Å². The van der Waals surface area contributed by atoms with E-state index in [1.807, 2.05) is 24.3 Å². The van der Waals surface area contributed by atoms with Crippen molar-refractivity contribution in [3.8, 4) is 11.8 Å². The summed E-state index contributed by atoms with van der Waals surface area (Å²) in [6, 6.07) is 7.64. The van der Waals surface area contributed by atoms with Crippen LogP contribution in [0.4, 0.5) is 4.79 Å². The lowest BCUT2D eigenvalue weighted by Crippen LogP contribution is -2.27. The summed E-state index contributed by atoms with van der Waals surface area (Å²) in [5, 5.41) is 8.72. The van der Waals surface area contributed by atoms with Crippen LogP contribution in [0, 0.1) is 11.8 Å². The molecule has 1 aromatic carbocycles. The summed E-state index contributed by atoms with van der Waals surface area (Å²) in [5.74, 6) is 5.89. The molecular formula is C15H19NO3. The third-order valence-corrected chi connectivity index (χ3v) is 2.46. The van der Waals surface area contributed by atoms with Gasteiger partial charge < -0.3 is 14.7 Å². The zero-order valence-corrected chi connectivity index (χ0v) is 11.3. The maximum absolute atomic E-state index is 11.6. The van der Waals surface area contributed by atoms with Crippen molar-refractivity contribution in [1.82, 2.24) is 4.90 Å². The van der Waals surface area contributed by atoms with Gasteiger partial charge in [-0.15, -0.1) is 0 Å². The number of aliphatic hydroxyl groups is 1. The molecule has 0 radical (unpaired) electrons. The molecule has 0 saturated carbocycles. The number of hydrogen-bond acceptors (Lipinski definition) is 3. The summed E-state index contributed by atoms with van der Waals surface area (Å²) in [6.45, 7) is 2.64. The van der Waals surface area contributed by atoms with Crippen molar-refractivity contribution < 1.29 is 14.6 Å². The van der Waals surface area contributed by atoms with E-state index in [9.17, 15) is 4.79 Å². The molecule has 102 valence electrons. The maximum Gasteiger partial charge on any atom is 0.409 e. The Kier molecular flexibility index (Phi) is 6.48. The third kappa shape index (κ3) is 5.02. The molecule has 0 atom stereocenters. The summed E-state index contributed by atoms with van der Waals surface area (Å²) in [7, 11) is 1.69. The molecular weight excluding hydrogens is 242 g/mol. The fraction of sp³-hybridized carbons (Fsp3) is 0.400. The second-order valence-corrected chi connectivity index (χ2v) is 3.99. The first-order valence-corrected chi connectivity index (χ1v) is 6.24. The minimum absolute atomic E-state index is 0.0535. The van der Waals surface area contributed by atoms with Crippen molar-refractivity contribution in [2.24, 2.45) is 0 Å². The standard InChI is InChI=1S/C15H19NO3/c1-3-19-15(18)16(2)12-14-10-5-4-8-13(14)9-6-7-11-17/h4-5,8,10,17H,3,7,11-12H2,1-2H3. The quantitative estimate of drug-likeness (QED) is 0.843. The second kappa shape index (κ2) is 8.17. The van der Waals surface area contributed by atoms with Crippen molar-refractivity contribution in [3.63, 3.8) is 0 Å². The van der Waals surface area contributed by atoms with Gasteiger partial charge in [0.2, 0.25) is 0 Å². The Balaban J connectivity index is 2.78. The van der Waals surface area contributed by atoms with Crippen molar-refractivity contribution in [2.75, 3.05) is 20.3 Å². The van der Waals surface area contributed by atoms with Crippen LogP contribution in [0.5, 0.6) is 0 Å². The predicted octanol–water partition coefficient (Wildman–Crippen LogP) is 2.01. The fourth-order valence-electron chi connectivity index (χ4n) is 1.55. The lowest BCUT2D eigenvalue weighted by atomic mass is 10.1. The highest BCUT2D eigenvalue weighted by Crippen LogP contribution is 2.10. The molecule has 0 heterocycles. The Morgan fingerprint density at radius 1 is 1.42 bits per heavy atom. The summed E-state index contributed by atoms with van der Waals surface area (Å²) < 4.78 is 4.93. The van der Waals surface area contributed by atoms with Gasteiger partial charge in [0.1, 0.15) is 0 Å². The number of ether oxygens (including phenoxy) is 1. The van der Waals surface area contributed by atoms with Crippen LogP contribution in [0.1, 0.15) is 24.5 Å². The van der Waals surface area contributed by atoms with Gasteiger partial charge in [0.25, 0.3) is 0 Å². The SMILES string of the molecule is CCOC(=O)N(C)Cc1ccccc1C#CCCO. The number of carbonyl (C=O) groups is 1. The van der Waals surface area contributed by atoms with Crippen LogP contribution in [0.2, 0.25) is 0 Å². The molecule has 1 aromatic rings. The largest absolute Gasteiger partial charge is 0.450 e. The summed E-state index contributed by atoms with van der Waals surface area (Å²) in [5.41, 5.74) is 1.83. The molecule has 1 rings (SSSR count). The van der Waals surface area contributed by atoms with Crippen molar-refractivity contribution >= 4 is 6.09 Å². The van der Waals surface area contributed by atoms with Crippen molar-refractivity contribution in [1.29, 1.82) is 0 Å². The minimum Gasteiger partial charge on any atom is -0.450 e. The Morgan fingerprint density at radius 2 is 2.16 bits per heavy atom. The van der Waals surface area contributed by atoms with E-state index in [4.69, 9.17) is 9.84 Å². The van der Waals surface area contributed by atoms with Gasteiger partial charge in [-0.25, -0.2) is 4.79 Å². The number of hydrogen-bond donors (Lipinski definition) is 1. The van der Waals surface area contributed by atoms with Gasteiger partial charge in [0.15, 0.2) is 0 Å². The van der Waals surface area contributed by atoms with Gasteiger partial charge in [0.05, 0.1) is 13.2 Å². The molecule has 0 fully saturated rings. The topological polar surface area (TPSA) is 49.8 Å². The molecule has 0 saturated heterocycles. The van der Waals surface area contributed by atoms with E-state index in [-0.39, 0.29) is 12.7 Å². The Labute approximate surface area is 114 Å². The lowest BCUT2D eigenvalue weighted by Gasteiger charge is -2.17. The van der Waals surface area contributed by atoms with E-state index in [2.05, 4.69) is 11.8 Å². The fourth-order valence-corrected chi connectivity index (χ4v) is 1.55. The van der Waals surface area contributed by atoms with Crippen LogP contribution in [0.3, 0.4) is 0 Å².